The molecular formula is C16H25N5OS. The van der Waals surface area contributed by atoms with Crippen LogP contribution in [-0.4, -0.2) is 20.9 Å². The predicted molar refractivity (Wildman–Crippen MR) is 94.7 cm³/mol. The van der Waals surface area contributed by atoms with E-state index >= 15 is 0 Å². The summed E-state index contributed by atoms with van der Waals surface area (Å²) >= 11 is 1.29. The molecule has 1 unspecified atom stereocenters. The molecule has 1 amide bonds. The van der Waals surface area contributed by atoms with Crippen molar-refractivity contribution in [1.82, 2.24) is 15.0 Å². The van der Waals surface area contributed by atoms with E-state index in [1.807, 2.05) is 20.8 Å². The summed E-state index contributed by atoms with van der Waals surface area (Å²) < 4.78 is 0. The zero-order valence-corrected chi connectivity index (χ0v) is 15.4. The highest BCUT2D eigenvalue weighted by molar-refractivity contribution is 7.13. The first-order valence-corrected chi connectivity index (χ1v) is 8.44. The van der Waals surface area contributed by atoms with E-state index < -0.39 is 0 Å². The van der Waals surface area contributed by atoms with Crippen LogP contribution < -0.4 is 11.1 Å². The average molecular weight is 335 g/mol. The first-order chi connectivity index (χ1) is 10.8. The van der Waals surface area contributed by atoms with Gasteiger partial charge in [0, 0.05) is 11.5 Å². The lowest BCUT2D eigenvalue weighted by atomic mass is 9.92. The summed E-state index contributed by atoms with van der Waals surface area (Å²) in [6, 6.07) is 1.61. The molecule has 0 fully saturated rings. The van der Waals surface area contributed by atoms with Crippen molar-refractivity contribution in [2.45, 2.75) is 53.0 Å². The molecule has 0 radical (unpaired) electrons. The molecule has 2 rings (SSSR count). The molecule has 3 N–H and O–H groups in total. The van der Waals surface area contributed by atoms with Crippen LogP contribution in [0, 0.1) is 0 Å². The predicted octanol–water partition coefficient (Wildman–Crippen LogP) is 3.53. The normalized spacial score (nSPS) is 12.1. The minimum Gasteiger partial charge on any atom is -0.322 e. The molecule has 23 heavy (non-hydrogen) atoms. The Morgan fingerprint density at radius 3 is 2.43 bits per heavy atom. The number of amides is 1. The molecule has 0 aliphatic heterocycles. The first-order valence-electron chi connectivity index (χ1n) is 7.62. The largest absolute Gasteiger partial charge is 0.322 e. The Morgan fingerprint density at radius 1 is 1.26 bits per heavy atom. The molecule has 0 aliphatic carbocycles. The molecule has 1 atom stereocenters. The summed E-state index contributed by atoms with van der Waals surface area (Å²) in [7, 11) is 0. The van der Waals surface area contributed by atoms with E-state index in [9.17, 15) is 4.79 Å². The van der Waals surface area contributed by atoms with Gasteiger partial charge < -0.3 is 11.1 Å². The van der Waals surface area contributed by atoms with Crippen molar-refractivity contribution in [3.63, 3.8) is 0 Å². The van der Waals surface area contributed by atoms with E-state index in [1.165, 1.54) is 23.9 Å². The van der Waals surface area contributed by atoms with Gasteiger partial charge in [0.25, 0.3) is 5.91 Å². The van der Waals surface area contributed by atoms with E-state index in [4.69, 9.17) is 5.73 Å². The van der Waals surface area contributed by atoms with Gasteiger partial charge in [-0.25, -0.2) is 15.0 Å². The summed E-state index contributed by atoms with van der Waals surface area (Å²) in [5, 5.41) is 3.50. The van der Waals surface area contributed by atoms with Gasteiger partial charge in [0.1, 0.15) is 22.0 Å². The highest BCUT2D eigenvalue weighted by atomic mass is 32.1. The van der Waals surface area contributed by atoms with Gasteiger partial charge in [-0.05, 0) is 6.92 Å². The lowest BCUT2D eigenvalue weighted by Crippen LogP contribution is -2.16. The third-order valence-corrected chi connectivity index (χ3v) is 4.01. The van der Waals surface area contributed by atoms with Gasteiger partial charge in [-0.15, -0.1) is 11.3 Å². The third-order valence-electron chi connectivity index (χ3n) is 2.81. The van der Waals surface area contributed by atoms with Gasteiger partial charge >= 0.3 is 0 Å². The number of anilines is 1. The Hall–Kier alpha value is -1.86. The Bertz CT molecular complexity index is 646. The fraction of sp³-hybridized carbons (Fsp3) is 0.500. The smallest absolute Gasteiger partial charge is 0.268 e. The van der Waals surface area contributed by atoms with Crippen LogP contribution >= 0.6 is 11.3 Å². The molecule has 6 nitrogen and oxygen atoms in total. The molecule has 0 saturated carbocycles. The van der Waals surface area contributed by atoms with Crippen LogP contribution in [0.3, 0.4) is 0 Å². The van der Waals surface area contributed by atoms with Gasteiger partial charge in [-0.1, -0.05) is 34.6 Å². The second-order valence-corrected chi connectivity index (χ2v) is 6.91. The maximum atomic E-state index is 12.2. The highest BCUT2D eigenvalue weighted by Gasteiger charge is 2.18. The molecule has 0 saturated heterocycles. The molecule has 0 bridgehead atoms. The fourth-order valence-electron chi connectivity index (χ4n) is 1.62. The molecule has 0 spiro atoms. The molecule has 2 aromatic rings. The lowest BCUT2D eigenvalue weighted by Gasteiger charge is -2.17. The lowest BCUT2D eigenvalue weighted by molar-refractivity contribution is 0.103. The Labute approximate surface area is 141 Å². The molecule has 0 aliphatic rings. The zero-order chi connectivity index (χ0) is 17.6. The number of hydrogen-bond donors (Lipinski definition) is 2. The maximum absolute atomic E-state index is 12.2. The van der Waals surface area contributed by atoms with Crippen LogP contribution in [0.2, 0.25) is 0 Å². The number of thiazole rings is 1. The Balaban J connectivity index is 0.00000127. The number of carbonyl (C=O) groups excluding carboxylic acids is 1. The second kappa shape index (κ2) is 8.12. The van der Waals surface area contributed by atoms with Crippen molar-refractivity contribution in [1.29, 1.82) is 0 Å². The minimum atomic E-state index is -0.238. The van der Waals surface area contributed by atoms with Crippen molar-refractivity contribution in [3.05, 3.63) is 34.2 Å². The second-order valence-electron chi connectivity index (χ2n) is 5.84. The number of aromatic nitrogens is 3. The van der Waals surface area contributed by atoms with E-state index in [-0.39, 0.29) is 17.4 Å². The summed E-state index contributed by atoms with van der Waals surface area (Å²) in [5.74, 6) is 0.244. The first kappa shape index (κ1) is 19.2. The van der Waals surface area contributed by atoms with Crippen LogP contribution in [-0.2, 0) is 5.41 Å². The molecular weight excluding hydrogens is 310 g/mol. The summed E-state index contributed by atoms with van der Waals surface area (Å²) in [4.78, 5) is 25.1. The SMILES string of the molecule is CC.CC(N)c1ncc(C(=O)Nc2cc(C(C)(C)C)ncn2)s1. The van der Waals surface area contributed by atoms with E-state index in [0.717, 1.165) is 10.7 Å². The number of rotatable bonds is 3. The standard InChI is InChI=1S/C14H19N5OS.C2H6/c1-8(15)13-16-6-9(21-13)12(20)19-11-5-10(14(2,3)4)17-7-18-11;1-2/h5-8H,15H2,1-4H3,(H,17,18,19,20);1-2H3. The number of nitrogens with one attached hydrogen (secondary N) is 1. The summed E-state index contributed by atoms with van der Waals surface area (Å²) in [6.45, 7) is 12.0. The van der Waals surface area contributed by atoms with E-state index in [2.05, 4.69) is 41.0 Å². The maximum Gasteiger partial charge on any atom is 0.268 e. The molecule has 2 heterocycles. The Kier molecular flexibility index (Phi) is 6.78. The quantitative estimate of drug-likeness (QED) is 0.895. The van der Waals surface area contributed by atoms with Crippen LogP contribution in [0.25, 0.3) is 0 Å². The fourth-order valence-corrected chi connectivity index (χ4v) is 2.38. The van der Waals surface area contributed by atoms with Crippen LogP contribution in [0.4, 0.5) is 5.82 Å². The summed E-state index contributed by atoms with van der Waals surface area (Å²) in [6.07, 6.45) is 2.99. The van der Waals surface area contributed by atoms with E-state index in [0.29, 0.717) is 10.7 Å². The number of hydrogen-bond acceptors (Lipinski definition) is 6. The number of nitrogens with two attached hydrogens (primary N) is 1. The van der Waals surface area contributed by atoms with Gasteiger partial charge in [0.2, 0.25) is 0 Å². The van der Waals surface area contributed by atoms with Gasteiger partial charge in [0.15, 0.2) is 0 Å². The number of carbonyl (C=O) groups is 1. The third kappa shape index (κ3) is 5.37. The van der Waals surface area contributed by atoms with Crippen LogP contribution in [0.5, 0.6) is 0 Å². The topological polar surface area (TPSA) is 93.8 Å². The van der Waals surface area contributed by atoms with Crippen molar-refractivity contribution in [2.75, 3.05) is 5.32 Å². The molecule has 7 heteroatoms. The molecule has 126 valence electrons. The number of nitrogens with zero attached hydrogens (tertiary/aromatic N) is 3. The van der Waals surface area contributed by atoms with Gasteiger partial charge in [0.05, 0.1) is 17.9 Å². The average Bonchev–Trinajstić information content (AvgIpc) is 2.99. The minimum absolute atomic E-state index is 0.102. The van der Waals surface area contributed by atoms with Crippen LogP contribution in [0.15, 0.2) is 18.6 Å². The highest BCUT2D eigenvalue weighted by Crippen LogP contribution is 2.22. The molecule has 2 aromatic heterocycles. The van der Waals surface area contributed by atoms with E-state index in [1.54, 1.807) is 6.07 Å². The van der Waals surface area contributed by atoms with Crippen molar-refractivity contribution in [2.24, 2.45) is 5.73 Å². The zero-order valence-electron chi connectivity index (χ0n) is 14.5. The summed E-state index contributed by atoms with van der Waals surface area (Å²) in [5.41, 5.74) is 6.51. The van der Waals surface area contributed by atoms with Gasteiger partial charge in [-0.3, -0.25) is 4.79 Å². The van der Waals surface area contributed by atoms with Gasteiger partial charge in [-0.2, -0.15) is 0 Å². The van der Waals surface area contributed by atoms with Crippen LogP contribution in [0.1, 0.15) is 68.0 Å². The van der Waals surface area contributed by atoms with Crippen molar-refractivity contribution in [3.8, 4) is 0 Å². The monoisotopic (exact) mass is 335 g/mol. The molecule has 0 aromatic carbocycles. The van der Waals surface area contributed by atoms with Crippen molar-refractivity contribution < 1.29 is 4.79 Å². The van der Waals surface area contributed by atoms with Crippen molar-refractivity contribution >= 4 is 23.1 Å². The Morgan fingerprint density at radius 2 is 1.91 bits per heavy atom.